The Bertz CT molecular complexity index is 2110. The zero-order valence-corrected chi connectivity index (χ0v) is 28.9. The Balaban J connectivity index is 1.11. The number of para-hydroxylation sites is 1. The van der Waals surface area contributed by atoms with Gasteiger partial charge in [0.05, 0.1) is 27.3 Å². The molecule has 0 unspecified atom stereocenters. The molecule has 0 atom stereocenters. The molecule has 0 saturated heterocycles. The van der Waals surface area contributed by atoms with Crippen LogP contribution in [0.5, 0.6) is 0 Å². The fraction of sp³-hybridized carbons (Fsp3) is 0.278. The van der Waals surface area contributed by atoms with E-state index in [9.17, 15) is 18.0 Å². The van der Waals surface area contributed by atoms with Crippen molar-refractivity contribution in [3.05, 3.63) is 102 Å². The van der Waals surface area contributed by atoms with Gasteiger partial charge in [-0.15, -0.1) is 0 Å². The molecule has 1 saturated carbocycles. The van der Waals surface area contributed by atoms with Gasteiger partial charge >= 0.3 is 6.09 Å². The van der Waals surface area contributed by atoms with Crippen molar-refractivity contribution in [3.63, 3.8) is 0 Å². The lowest BCUT2D eigenvalue weighted by Crippen LogP contribution is -2.40. The number of hydrogen-bond donors (Lipinski definition) is 3. The molecule has 1 aliphatic rings. The van der Waals surface area contributed by atoms with Crippen LogP contribution in [0.2, 0.25) is 5.02 Å². The third-order valence-electron chi connectivity index (χ3n) is 8.14. The number of rotatable bonds is 8. The molecule has 13 heteroatoms. The average Bonchev–Trinajstić information content (AvgIpc) is 3.46. The molecule has 0 spiro atoms. The van der Waals surface area contributed by atoms with Crippen molar-refractivity contribution in [2.45, 2.75) is 69.0 Å². The summed E-state index contributed by atoms with van der Waals surface area (Å²) in [5.41, 5.74) is 1.78. The summed E-state index contributed by atoms with van der Waals surface area (Å²) in [5.74, 6) is 0.160. The van der Waals surface area contributed by atoms with Crippen molar-refractivity contribution in [2.75, 3.05) is 10.6 Å². The van der Waals surface area contributed by atoms with E-state index in [0.717, 1.165) is 25.7 Å². The number of carbonyl (C=O) groups excluding carboxylic acids is 2. The maximum atomic E-state index is 13.6. The maximum Gasteiger partial charge on any atom is 0.412 e. The predicted octanol–water partition coefficient (Wildman–Crippen LogP) is 7.49. The van der Waals surface area contributed by atoms with Gasteiger partial charge in [0, 0.05) is 40.5 Å². The predicted molar refractivity (Wildman–Crippen MR) is 190 cm³/mol. The lowest BCUT2D eigenvalue weighted by Gasteiger charge is -2.29. The standard InChI is InChI=1S/C36H37ClN6O5S/c1-36(2,3)48-35(45)41-26-11-9-10-23(20-26)33(44)39-24-16-18-25(19-17-24)40-34-38-21-30(37)32(42-34)29-22-43(31-15-8-7-14-28(29)31)49(46,47)27-12-5-4-6-13-27/h4-15,20-22,24-25H,16-19H2,1-3H3,(H,39,44)(H,41,45)(H,38,40,42)/t24-,25-. The van der Waals surface area contributed by atoms with Crippen molar-refractivity contribution >= 4 is 56.2 Å². The van der Waals surface area contributed by atoms with Crippen LogP contribution < -0.4 is 16.0 Å². The number of nitrogens with one attached hydrogen (secondary N) is 3. The van der Waals surface area contributed by atoms with Crippen molar-refractivity contribution in [3.8, 4) is 11.3 Å². The first-order valence-electron chi connectivity index (χ1n) is 16.0. The summed E-state index contributed by atoms with van der Waals surface area (Å²) in [7, 11) is -3.88. The smallest absolute Gasteiger partial charge is 0.412 e. The lowest BCUT2D eigenvalue weighted by molar-refractivity contribution is 0.0635. The van der Waals surface area contributed by atoms with Gasteiger partial charge in [-0.2, -0.15) is 0 Å². The summed E-state index contributed by atoms with van der Waals surface area (Å²) in [6.45, 7) is 5.35. The van der Waals surface area contributed by atoms with Crippen molar-refractivity contribution in [2.24, 2.45) is 0 Å². The van der Waals surface area contributed by atoms with E-state index in [0.29, 0.717) is 44.4 Å². The first kappa shape index (κ1) is 33.9. The van der Waals surface area contributed by atoms with Crippen LogP contribution in [0, 0.1) is 0 Å². The normalized spacial score (nSPS) is 16.6. The van der Waals surface area contributed by atoms with E-state index >= 15 is 0 Å². The number of hydrogen-bond acceptors (Lipinski definition) is 8. The average molecular weight is 701 g/mol. The van der Waals surface area contributed by atoms with Crippen LogP contribution >= 0.6 is 11.6 Å². The van der Waals surface area contributed by atoms with E-state index in [2.05, 4.69) is 20.9 Å². The number of aromatic nitrogens is 3. The topological polar surface area (TPSA) is 144 Å². The van der Waals surface area contributed by atoms with E-state index < -0.39 is 21.7 Å². The molecule has 2 aromatic heterocycles. The number of benzene rings is 3. The van der Waals surface area contributed by atoms with Gasteiger partial charge < -0.3 is 15.4 Å². The molecule has 1 fully saturated rings. The summed E-state index contributed by atoms with van der Waals surface area (Å²) in [6.07, 6.45) is 5.50. The Kier molecular flexibility index (Phi) is 9.62. The van der Waals surface area contributed by atoms with Crippen molar-refractivity contribution in [1.29, 1.82) is 0 Å². The van der Waals surface area contributed by atoms with Gasteiger partial charge in [0.2, 0.25) is 5.95 Å². The molecule has 5 aromatic rings. The second kappa shape index (κ2) is 13.9. The van der Waals surface area contributed by atoms with Gasteiger partial charge in [0.15, 0.2) is 0 Å². The minimum atomic E-state index is -3.88. The molecule has 1 aliphatic carbocycles. The van der Waals surface area contributed by atoms with Gasteiger partial charge in [0.25, 0.3) is 15.9 Å². The van der Waals surface area contributed by atoms with Crippen LogP contribution in [0.1, 0.15) is 56.8 Å². The number of ether oxygens (including phenoxy) is 1. The summed E-state index contributed by atoms with van der Waals surface area (Å²) in [6, 6.07) is 22.3. The molecule has 3 N–H and O–H groups in total. The van der Waals surface area contributed by atoms with Gasteiger partial charge in [-0.05, 0) is 82.9 Å². The number of anilines is 2. The minimum Gasteiger partial charge on any atom is -0.444 e. The monoisotopic (exact) mass is 700 g/mol. The van der Waals surface area contributed by atoms with Crippen LogP contribution in [-0.2, 0) is 14.8 Å². The fourth-order valence-electron chi connectivity index (χ4n) is 5.86. The third kappa shape index (κ3) is 7.87. The molecule has 0 radical (unpaired) electrons. The summed E-state index contributed by atoms with van der Waals surface area (Å²) in [4.78, 5) is 34.5. The summed E-state index contributed by atoms with van der Waals surface area (Å²) >= 11 is 6.61. The molecule has 0 bridgehead atoms. The zero-order chi connectivity index (χ0) is 34.8. The van der Waals surface area contributed by atoms with Gasteiger partial charge in [0.1, 0.15) is 5.60 Å². The number of fused-ring (bicyclic) bond motifs is 1. The van der Waals surface area contributed by atoms with Gasteiger partial charge in [-0.25, -0.2) is 27.2 Å². The first-order chi connectivity index (χ1) is 23.4. The van der Waals surface area contributed by atoms with Crippen LogP contribution in [0.4, 0.5) is 16.4 Å². The van der Waals surface area contributed by atoms with Crippen LogP contribution in [0.3, 0.4) is 0 Å². The highest BCUT2D eigenvalue weighted by Gasteiger charge is 2.26. The number of amides is 2. The Hall–Kier alpha value is -4.94. The SMILES string of the molecule is CC(C)(C)OC(=O)Nc1cccc(C(=O)N[C@H]2CC[C@H](Nc3ncc(Cl)c(-c4cn(S(=O)(=O)c5ccccc5)c5ccccc45)n3)CC2)c1. The summed E-state index contributed by atoms with van der Waals surface area (Å²) in [5, 5.41) is 10.2. The molecule has 0 aliphatic heterocycles. The molecule has 254 valence electrons. The molecule has 2 amide bonds. The summed E-state index contributed by atoms with van der Waals surface area (Å²) < 4.78 is 33.8. The van der Waals surface area contributed by atoms with E-state index in [1.807, 2.05) is 12.1 Å². The second-order valence-corrected chi connectivity index (χ2v) is 15.2. The highest BCUT2D eigenvalue weighted by molar-refractivity contribution is 7.90. The molecule has 2 heterocycles. The fourth-order valence-corrected chi connectivity index (χ4v) is 7.45. The zero-order valence-electron chi connectivity index (χ0n) is 27.3. The Morgan fingerprint density at radius 1 is 0.918 bits per heavy atom. The number of carbonyl (C=O) groups is 2. The quantitative estimate of drug-likeness (QED) is 0.151. The molecule has 6 rings (SSSR count). The molecule has 11 nitrogen and oxygen atoms in total. The largest absolute Gasteiger partial charge is 0.444 e. The molecule has 3 aromatic carbocycles. The third-order valence-corrected chi connectivity index (χ3v) is 10.1. The highest BCUT2D eigenvalue weighted by Crippen LogP contribution is 2.36. The Morgan fingerprint density at radius 3 is 2.35 bits per heavy atom. The molecule has 49 heavy (non-hydrogen) atoms. The Labute approximate surface area is 290 Å². The van der Waals surface area contributed by atoms with Crippen molar-refractivity contribution in [1.82, 2.24) is 19.3 Å². The van der Waals surface area contributed by atoms with E-state index in [1.54, 1.807) is 93.7 Å². The maximum absolute atomic E-state index is 13.6. The number of nitrogens with zero attached hydrogens (tertiary/aromatic N) is 3. The Morgan fingerprint density at radius 2 is 1.61 bits per heavy atom. The van der Waals surface area contributed by atoms with Crippen LogP contribution in [0.25, 0.3) is 22.2 Å². The van der Waals surface area contributed by atoms with Gasteiger partial charge in [-0.3, -0.25) is 10.1 Å². The van der Waals surface area contributed by atoms with E-state index in [1.165, 1.54) is 10.2 Å². The molecular formula is C36H37ClN6O5S. The highest BCUT2D eigenvalue weighted by atomic mass is 35.5. The first-order valence-corrected chi connectivity index (χ1v) is 17.8. The minimum absolute atomic E-state index is 0.0209. The van der Waals surface area contributed by atoms with Gasteiger partial charge in [-0.1, -0.05) is 54.1 Å². The van der Waals surface area contributed by atoms with E-state index in [-0.39, 0.29) is 22.9 Å². The van der Waals surface area contributed by atoms with E-state index in [4.69, 9.17) is 21.3 Å². The van der Waals surface area contributed by atoms with Crippen molar-refractivity contribution < 1.29 is 22.7 Å². The molecular weight excluding hydrogens is 664 g/mol. The second-order valence-electron chi connectivity index (χ2n) is 12.9. The lowest BCUT2D eigenvalue weighted by atomic mass is 9.91. The van der Waals surface area contributed by atoms with Crippen LogP contribution in [0.15, 0.2) is 96.2 Å². The number of halogens is 1. The van der Waals surface area contributed by atoms with Crippen LogP contribution in [-0.4, -0.2) is 52.0 Å².